The number of piperidine rings is 1. The zero-order valence-electron chi connectivity index (χ0n) is 27.5. The molecule has 1 unspecified atom stereocenters. The van der Waals surface area contributed by atoms with E-state index in [1.54, 1.807) is 26.2 Å². The molecule has 10 nitrogen and oxygen atoms in total. The zero-order chi connectivity index (χ0) is 33.3. The maximum absolute atomic E-state index is 14.3. The quantitative estimate of drug-likeness (QED) is 0.262. The van der Waals surface area contributed by atoms with Gasteiger partial charge in [0.05, 0.1) is 30.6 Å². The number of hydrogen-bond donors (Lipinski definition) is 2. The molecule has 2 amide bonds. The average molecular weight is 650 g/mol. The Bertz CT molecular complexity index is 2090. The van der Waals surface area contributed by atoms with Crippen molar-refractivity contribution in [1.82, 2.24) is 29.3 Å². The molecular formula is C37H40FN7O3. The number of aryl methyl sites for hydroxylation is 1. The van der Waals surface area contributed by atoms with Gasteiger partial charge >= 0.3 is 0 Å². The first-order valence-corrected chi connectivity index (χ1v) is 16.8. The Balaban J connectivity index is 1.18. The average Bonchev–Trinajstić information content (AvgIpc) is 3.55. The number of amides is 2. The zero-order valence-corrected chi connectivity index (χ0v) is 27.5. The van der Waals surface area contributed by atoms with Gasteiger partial charge in [-0.1, -0.05) is 12.1 Å². The number of imidazole rings is 1. The van der Waals surface area contributed by atoms with Crippen molar-refractivity contribution in [2.75, 3.05) is 20.2 Å². The Morgan fingerprint density at radius 3 is 2.60 bits per heavy atom. The highest BCUT2D eigenvalue weighted by molar-refractivity contribution is 6.00. The van der Waals surface area contributed by atoms with Crippen molar-refractivity contribution in [3.63, 3.8) is 0 Å². The Labute approximate surface area is 278 Å². The second-order valence-corrected chi connectivity index (χ2v) is 13.8. The second-order valence-electron chi connectivity index (χ2n) is 13.8. The molecule has 8 rings (SSSR count). The summed E-state index contributed by atoms with van der Waals surface area (Å²) in [4.78, 5) is 36.9. The number of ether oxygens (including phenoxy) is 1. The molecule has 4 heterocycles. The van der Waals surface area contributed by atoms with Crippen molar-refractivity contribution >= 4 is 33.9 Å². The molecule has 0 spiro atoms. The highest BCUT2D eigenvalue weighted by Crippen LogP contribution is 2.38. The van der Waals surface area contributed by atoms with E-state index in [0.29, 0.717) is 29.3 Å². The van der Waals surface area contributed by atoms with Crippen LogP contribution in [0.1, 0.15) is 47.7 Å². The van der Waals surface area contributed by atoms with Crippen molar-refractivity contribution in [1.29, 1.82) is 0 Å². The van der Waals surface area contributed by atoms with Gasteiger partial charge in [-0.25, -0.2) is 14.4 Å². The third kappa shape index (κ3) is 5.49. The van der Waals surface area contributed by atoms with Crippen LogP contribution in [0.5, 0.6) is 5.75 Å². The maximum Gasteiger partial charge on any atom is 0.254 e. The number of hydrogen-bond acceptors (Lipinski definition) is 6. The molecule has 11 heteroatoms. The summed E-state index contributed by atoms with van der Waals surface area (Å²) < 4.78 is 24.4. The predicted molar refractivity (Wildman–Crippen MR) is 183 cm³/mol. The summed E-state index contributed by atoms with van der Waals surface area (Å²) in [5.74, 6) is 1.58. The van der Waals surface area contributed by atoms with E-state index in [9.17, 15) is 14.0 Å². The standard InChI is InChI=1S/C37H40FN7O3/c1-20(46)40-29-11-22-6-7-23(10-25(22)12-29)30-9-8-24-14-32(45(35(24)41-30)17-21-4-5-21)36-42-31-13-26(15-33(48-3)34(31)43(36)2)37(47)44-18-27(38)16-28(39)19-44/h6-10,13-15,21,27-29H,4-5,11-12,16-19,39H2,1-3H3,(H,40,46)/t27-,28-,29?/m1/s1. The van der Waals surface area contributed by atoms with Crippen LogP contribution in [-0.2, 0) is 31.2 Å². The number of alkyl halides is 1. The Morgan fingerprint density at radius 2 is 1.85 bits per heavy atom. The van der Waals surface area contributed by atoms with Gasteiger partial charge in [0.1, 0.15) is 23.1 Å². The van der Waals surface area contributed by atoms with Crippen LogP contribution in [-0.4, -0.2) is 74.3 Å². The SMILES string of the molecule is COc1cc(C(=O)N2C[C@H](N)C[C@@H](F)C2)cc2nc(-c3cc4ccc(-c5ccc6c(c5)CC(NC(C)=O)C6)nc4n3CC3CC3)n(C)c12. The third-order valence-electron chi connectivity index (χ3n) is 10.1. The van der Waals surface area contributed by atoms with Crippen molar-refractivity contribution < 1.29 is 18.7 Å². The van der Waals surface area contributed by atoms with Crippen LogP contribution in [0.15, 0.2) is 48.5 Å². The number of pyridine rings is 1. The van der Waals surface area contributed by atoms with Crippen LogP contribution >= 0.6 is 0 Å². The van der Waals surface area contributed by atoms with Crippen LogP contribution in [0.3, 0.4) is 0 Å². The number of halogens is 1. The number of likely N-dealkylation sites (tertiary alicyclic amines) is 1. The van der Waals surface area contributed by atoms with Crippen LogP contribution in [0, 0.1) is 5.92 Å². The first kappa shape index (κ1) is 30.6. The molecule has 2 aromatic carbocycles. The summed E-state index contributed by atoms with van der Waals surface area (Å²) in [5, 5.41) is 4.09. The summed E-state index contributed by atoms with van der Waals surface area (Å²) in [6.07, 6.45) is 3.14. The first-order valence-electron chi connectivity index (χ1n) is 16.8. The summed E-state index contributed by atoms with van der Waals surface area (Å²) in [5.41, 5.74) is 14.2. The fourth-order valence-corrected chi connectivity index (χ4v) is 7.63. The van der Waals surface area contributed by atoms with Gasteiger partial charge in [-0.2, -0.15) is 0 Å². The number of carbonyl (C=O) groups excluding carboxylic acids is 2. The maximum atomic E-state index is 14.3. The van der Waals surface area contributed by atoms with Gasteiger partial charge in [0.25, 0.3) is 5.91 Å². The lowest BCUT2D eigenvalue weighted by atomic mass is 10.0. The van der Waals surface area contributed by atoms with E-state index in [1.807, 2.05) is 11.6 Å². The van der Waals surface area contributed by atoms with E-state index in [4.69, 9.17) is 20.4 Å². The molecule has 0 radical (unpaired) electrons. The molecule has 1 saturated carbocycles. The molecule has 48 heavy (non-hydrogen) atoms. The Hall–Kier alpha value is -4.77. The third-order valence-corrected chi connectivity index (χ3v) is 10.1. The molecule has 1 saturated heterocycles. The molecule has 5 aromatic rings. The Morgan fingerprint density at radius 1 is 1.04 bits per heavy atom. The normalized spacial score (nSPS) is 20.8. The first-order chi connectivity index (χ1) is 23.1. The van der Waals surface area contributed by atoms with Crippen LogP contribution in [0.25, 0.3) is 44.8 Å². The molecule has 3 atom stereocenters. The Kier molecular flexibility index (Phi) is 7.47. The second kappa shape index (κ2) is 11.7. The largest absolute Gasteiger partial charge is 0.494 e. The lowest BCUT2D eigenvalue weighted by molar-refractivity contribution is -0.119. The van der Waals surface area contributed by atoms with Crippen LogP contribution in [0.4, 0.5) is 4.39 Å². The minimum absolute atomic E-state index is 0.000660. The number of nitrogens with one attached hydrogen (secondary N) is 1. The van der Waals surface area contributed by atoms with E-state index in [2.05, 4.69) is 46.3 Å². The summed E-state index contributed by atoms with van der Waals surface area (Å²) >= 11 is 0. The molecule has 1 aliphatic heterocycles. The lowest BCUT2D eigenvalue weighted by Gasteiger charge is -2.33. The van der Waals surface area contributed by atoms with E-state index >= 15 is 0 Å². The smallest absolute Gasteiger partial charge is 0.254 e. The summed E-state index contributed by atoms with van der Waals surface area (Å²) in [6, 6.07) is 16.1. The van der Waals surface area contributed by atoms with Gasteiger partial charge in [-0.15, -0.1) is 0 Å². The van der Waals surface area contributed by atoms with Gasteiger partial charge in [0, 0.05) is 55.7 Å². The lowest BCUT2D eigenvalue weighted by Crippen LogP contribution is -2.50. The number of benzene rings is 2. The van der Waals surface area contributed by atoms with Crippen molar-refractivity contribution in [3.8, 4) is 28.5 Å². The van der Waals surface area contributed by atoms with E-state index < -0.39 is 12.2 Å². The monoisotopic (exact) mass is 649 g/mol. The predicted octanol–water partition coefficient (Wildman–Crippen LogP) is 4.79. The number of methoxy groups -OCH3 is 1. The fraction of sp³-hybridized carbons (Fsp3) is 0.405. The van der Waals surface area contributed by atoms with Crippen molar-refractivity contribution in [2.45, 2.75) is 63.8 Å². The number of rotatable bonds is 7. The van der Waals surface area contributed by atoms with Gasteiger partial charge in [-0.3, -0.25) is 9.59 Å². The number of aromatic nitrogens is 4. The van der Waals surface area contributed by atoms with E-state index in [-0.39, 0.29) is 30.8 Å². The van der Waals surface area contributed by atoms with Gasteiger partial charge < -0.3 is 29.8 Å². The molecule has 3 aliphatic rings. The van der Waals surface area contributed by atoms with Crippen LogP contribution < -0.4 is 15.8 Å². The highest BCUT2D eigenvalue weighted by atomic mass is 19.1. The fourth-order valence-electron chi connectivity index (χ4n) is 7.63. The molecule has 0 bridgehead atoms. The molecule has 2 aliphatic carbocycles. The molecule has 2 fully saturated rings. The highest BCUT2D eigenvalue weighted by Gasteiger charge is 2.31. The number of carbonyl (C=O) groups is 2. The topological polar surface area (TPSA) is 120 Å². The van der Waals surface area contributed by atoms with E-state index in [0.717, 1.165) is 58.7 Å². The van der Waals surface area contributed by atoms with Gasteiger partial charge in [0.15, 0.2) is 5.82 Å². The molecular weight excluding hydrogens is 609 g/mol. The van der Waals surface area contributed by atoms with Gasteiger partial charge in [-0.05, 0) is 85.5 Å². The summed E-state index contributed by atoms with van der Waals surface area (Å²) in [6.45, 7) is 2.74. The minimum Gasteiger partial charge on any atom is -0.494 e. The van der Waals surface area contributed by atoms with Crippen LogP contribution in [0.2, 0.25) is 0 Å². The van der Waals surface area contributed by atoms with Gasteiger partial charge in [0.2, 0.25) is 5.91 Å². The number of nitrogens with two attached hydrogens (primary N) is 1. The molecule has 3 N–H and O–H groups in total. The molecule has 248 valence electrons. The van der Waals surface area contributed by atoms with Crippen molar-refractivity contribution in [3.05, 3.63) is 65.2 Å². The number of nitrogens with zero attached hydrogens (tertiary/aromatic N) is 5. The summed E-state index contributed by atoms with van der Waals surface area (Å²) in [7, 11) is 3.54. The minimum atomic E-state index is -1.14. The van der Waals surface area contributed by atoms with E-state index in [1.165, 1.54) is 28.9 Å². The molecule has 3 aromatic heterocycles. The van der Waals surface area contributed by atoms with Crippen molar-refractivity contribution in [2.24, 2.45) is 18.7 Å². The number of fused-ring (bicyclic) bond motifs is 3.